The summed E-state index contributed by atoms with van der Waals surface area (Å²) in [6.45, 7) is 3.99. The standard InChI is InChI=1S/C20H20N2O3S/c1-13-8-9-14(2)15(10-13)16-12-26-20(21-16)22-19(23)11-25-18-7-5-4-6-17(18)24-3/h4-10,12H,11H2,1-3H3,(H,21,22,23). The van der Waals surface area contributed by atoms with Gasteiger partial charge in [0.15, 0.2) is 23.2 Å². The molecule has 0 aliphatic heterocycles. The average Bonchev–Trinajstić information content (AvgIpc) is 3.10. The van der Waals surface area contributed by atoms with Gasteiger partial charge in [-0.1, -0.05) is 29.8 Å². The molecule has 6 heteroatoms. The molecule has 3 aromatic rings. The lowest BCUT2D eigenvalue weighted by atomic mass is 10.0. The minimum absolute atomic E-state index is 0.112. The third-order valence-electron chi connectivity index (χ3n) is 3.85. The predicted molar refractivity (Wildman–Crippen MR) is 104 cm³/mol. The first kappa shape index (κ1) is 17.9. The van der Waals surface area contributed by atoms with E-state index in [2.05, 4.69) is 28.5 Å². The second-order valence-electron chi connectivity index (χ2n) is 5.84. The molecule has 0 aliphatic carbocycles. The normalized spacial score (nSPS) is 10.4. The van der Waals surface area contributed by atoms with Gasteiger partial charge in [0.2, 0.25) is 0 Å². The molecule has 0 unspecified atom stereocenters. The highest BCUT2D eigenvalue weighted by molar-refractivity contribution is 7.14. The maximum Gasteiger partial charge on any atom is 0.264 e. The van der Waals surface area contributed by atoms with E-state index in [1.807, 2.05) is 31.4 Å². The van der Waals surface area contributed by atoms with Crippen molar-refractivity contribution in [1.29, 1.82) is 0 Å². The number of rotatable bonds is 6. The summed E-state index contributed by atoms with van der Waals surface area (Å²) in [6.07, 6.45) is 0. The number of carbonyl (C=O) groups excluding carboxylic acids is 1. The number of hydrogen-bond donors (Lipinski definition) is 1. The van der Waals surface area contributed by atoms with Crippen molar-refractivity contribution in [1.82, 2.24) is 4.98 Å². The van der Waals surface area contributed by atoms with E-state index in [4.69, 9.17) is 9.47 Å². The molecule has 1 N–H and O–H groups in total. The fourth-order valence-electron chi connectivity index (χ4n) is 2.50. The molecule has 0 fully saturated rings. The number of anilines is 1. The van der Waals surface area contributed by atoms with Crippen molar-refractivity contribution < 1.29 is 14.3 Å². The van der Waals surface area contributed by atoms with E-state index in [9.17, 15) is 4.79 Å². The van der Waals surface area contributed by atoms with E-state index in [0.717, 1.165) is 16.8 Å². The summed E-state index contributed by atoms with van der Waals surface area (Å²) in [5.74, 6) is 0.852. The van der Waals surface area contributed by atoms with Crippen LogP contribution >= 0.6 is 11.3 Å². The summed E-state index contributed by atoms with van der Waals surface area (Å²) in [7, 11) is 1.56. The van der Waals surface area contributed by atoms with Gasteiger partial charge in [-0.3, -0.25) is 10.1 Å². The topological polar surface area (TPSA) is 60.5 Å². The molecule has 1 heterocycles. The van der Waals surface area contributed by atoms with Crippen molar-refractivity contribution in [2.75, 3.05) is 19.0 Å². The van der Waals surface area contributed by atoms with Crippen LogP contribution in [0.25, 0.3) is 11.3 Å². The Kier molecular flexibility index (Phi) is 5.53. The van der Waals surface area contributed by atoms with Crippen LogP contribution in [0.15, 0.2) is 47.8 Å². The quantitative estimate of drug-likeness (QED) is 0.698. The van der Waals surface area contributed by atoms with Crippen LogP contribution in [0.4, 0.5) is 5.13 Å². The average molecular weight is 368 g/mol. The number of nitrogens with one attached hydrogen (secondary N) is 1. The third kappa shape index (κ3) is 4.21. The molecule has 134 valence electrons. The molecule has 3 rings (SSSR count). The number of benzene rings is 2. The maximum absolute atomic E-state index is 12.1. The Bertz CT molecular complexity index is 921. The minimum atomic E-state index is -0.266. The monoisotopic (exact) mass is 368 g/mol. The van der Waals surface area contributed by atoms with Crippen LogP contribution in [-0.2, 0) is 4.79 Å². The van der Waals surface area contributed by atoms with Crippen molar-refractivity contribution in [3.63, 3.8) is 0 Å². The Morgan fingerprint density at radius 2 is 1.92 bits per heavy atom. The number of amides is 1. The summed E-state index contributed by atoms with van der Waals surface area (Å²) in [5, 5.41) is 5.27. The molecule has 1 aromatic heterocycles. The molecule has 2 aromatic carbocycles. The van der Waals surface area contributed by atoms with Gasteiger partial charge in [0.1, 0.15) is 0 Å². The number of thiazole rings is 1. The zero-order chi connectivity index (χ0) is 18.5. The first-order valence-corrected chi connectivity index (χ1v) is 9.03. The first-order chi connectivity index (χ1) is 12.6. The third-order valence-corrected chi connectivity index (χ3v) is 4.61. The van der Waals surface area contributed by atoms with Gasteiger partial charge in [0.05, 0.1) is 12.8 Å². The zero-order valence-corrected chi connectivity index (χ0v) is 15.7. The van der Waals surface area contributed by atoms with E-state index in [1.54, 1.807) is 19.2 Å². The predicted octanol–water partition coefficient (Wildman–Crippen LogP) is 4.45. The van der Waals surface area contributed by atoms with Gasteiger partial charge < -0.3 is 9.47 Å². The number of nitrogens with zero attached hydrogens (tertiary/aromatic N) is 1. The van der Waals surface area contributed by atoms with Gasteiger partial charge in [0, 0.05) is 10.9 Å². The smallest absolute Gasteiger partial charge is 0.264 e. The number of aryl methyl sites for hydroxylation is 2. The van der Waals surface area contributed by atoms with Gasteiger partial charge in [-0.25, -0.2) is 4.98 Å². The van der Waals surface area contributed by atoms with Crippen LogP contribution in [0.5, 0.6) is 11.5 Å². The van der Waals surface area contributed by atoms with Crippen molar-refractivity contribution >= 4 is 22.4 Å². The van der Waals surface area contributed by atoms with E-state index >= 15 is 0 Å². The second kappa shape index (κ2) is 8.01. The summed E-state index contributed by atoms with van der Waals surface area (Å²) >= 11 is 1.39. The molecule has 0 spiro atoms. The largest absolute Gasteiger partial charge is 0.493 e. The van der Waals surface area contributed by atoms with Gasteiger partial charge in [0.25, 0.3) is 5.91 Å². The molecule has 0 radical (unpaired) electrons. The van der Waals surface area contributed by atoms with Crippen LogP contribution in [0, 0.1) is 13.8 Å². The van der Waals surface area contributed by atoms with E-state index < -0.39 is 0 Å². The van der Waals surface area contributed by atoms with Crippen LogP contribution in [0.1, 0.15) is 11.1 Å². The van der Waals surface area contributed by atoms with E-state index in [0.29, 0.717) is 16.6 Å². The Morgan fingerprint density at radius 3 is 2.69 bits per heavy atom. The number of carbonyl (C=O) groups is 1. The highest BCUT2D eigenvalue weighted by atomic mass is 32.1. The fourth-order valence-corrected chi connectivity index (χ4v) is 3.23. The highest BCUT2D eigenvalue weighted by Gasteiger charge is 2.11. The summed E-state index contributed by atoms with van der Waals surface area (Å²) in [5.41, 5.74) is 4.26. The second-order valence-corrected chi connectivity index (χ2v) is 6.70. The molecule has 0 saturated heterocycles. The SMILES string of the molecule is COc1ccccc1OCC(=O)Nc1nc(-c2cc(C)ccc2C)cs1. The van der Waals surface area contributed by atoms with Gasteiger partial charge >= 0.3 is 0 Å². The van der Waals surface area contributed by atoms with Crippen molar-refractivity contribution in [3.05, 3.63) is 59.0 Å². The summed E-state index contributed by atoms with van der Waals surface area (Å²) in [6, 6.07) is 13.5. The lowest BCUT2D eigenvalue weighted by molar-refractivity contribution is -0.118. The van der Waals surface area contributed by atoms with Crippen LogP contribution in [-0.4, -0.2) is 24.6 Å². The molecule has 0 aliphatic rings. The molecular weight excluding hydrogens is 348 g/mol. The van der Waals surface area contributed by atoms with E-state index in [-0.39, 0.29) is 12.5 Å². The lowest BCUT2D eigenvalue weighted by Crippen LogP contribution is -2.20. The summed E-state index contributed by atoms with van der Waals surface area (Å²) < 4.78 is 10.7. The van der Waals surface area contributed by atoms with Gasteiger partial charge in [-0.2, -0.15) is 0 Å². The Balaban J connectivity index is 1.64. The Morgan fingerprint density at radius 1 is 1.15 bits per heavy atom. The summed E-state index contributed by atoms with van der Waals surface area (Å²) in [4.78, 5) is 16.7. The molecule has 0 bridgehead atoms. The first-order valence-electron chi connectivity index (χ1n) is 8.15. The molecular formula is C20H20N2O3S. The van der Waals surface area contributed by atoms with Crippen LogP contribution in [0.2, 0.25) is 0 Å². The Labute approximate surface area is 156 Å². The molecule has 26 heavy (non-hydrogen) atoms. The fraction of sp³-hybridized carbons (Fsp3) is 0.200. The van der Waals surface area contributed by atoms with Crippen LogP contribution in [0.3, 0.4) is 0 Å². The molecule has 1 amide bonds. The van der Waals surface area contributed by atoms with Crippen LogP contribution < -0.4 is 14.8 Å². The van der Waals surface area contributed by atoms with Gasteiger partial charge in [-0.05, 0) is 37.6 Å². The Hall–Kier alpha value is -2.86. The number of hydrogen-bond acceptors (Lipinski definition) is 5. The maximum atomic E-state index is 12.1. The lowest BCUT2D eigenvalue weighted by Gasteiger charge is -2.09. The van der Waals surface area contributed by atoms with Crippen molar-refractivity contribution in [2.24, 2.45) is 0 Å². The van der Waals surface area contributed by atoms with Crippen molar-refractivity contribution in [3.8, 4) is 22.8 Å². The zero-order valence-electron chi connectivity index (χ0n) is 14.9. The number of methoxy groups -OCH3 is 1. The highest BCUT2D eigenvalue weighted by Crippen LogP contribution is 2.28. The number of aromatic nitrogens is 1. The van der Waals surface area contributed by atoms with E-state index in [1.165, 1.54) is 16.9 Å². The molecule has 5 nitrogen and oxygen atoms in total. The molecule has 0 atom stereocenters. The van der Waals surface area contributed by atoms with Crippen molar-refractivity contribution in [2.45, 2.75) is 13.8 Å². The van der Waals surface area contributed by atoms with Gasteiger partial charge in [-0.15, -0.1) is 11.3 Å². The minimum Gasteiger partial charge on any atom is -0.493 e. The molecule has 0 saturated carbocycles. The number of para-hydroxylation sites is 2. The number of ether oxygens (including phenoxy) is 2.